The second kappa shape index (κ2) is 6.25. The Bertz CT molecular complexity index is 781. The van der Waals surface area contributed by atoms with Crippen molar-refractivity contribution >= 4 is 56.9 Å². The summed E-state index contributed by atoms with van der Waals surface area (Å²) in [5, 5.41) is 9.63. The molecular formula is C15H11IN2OS2. The quantitative estimate of drug-likeness (QED) is 0.597. The molecule has 3 rings (SSSR count). The molecule has 1 N–H and O–H groups in total. The van der Waals surface area contributed by atoms with Crippen LogP contribution in [0.1, 0.15) is 16.1 Å². The fourth-order valence-electron chi connectivity index (χ4n) is 1.85. The third-order valence-corrected chi connectivity index (χ3v) is 5.19. The second-order valence-corrected chi connectivity index (χ2v) is 7.35. The van der Waals surface area contributed by atoms with Crippen LogP contribution in [0.3, 0.4) is 0 Å². The molecule has 3 nitrogen and oxygen atoms in total. The van der Waals surface area contributed by atoms with Gasteiger partial charge in [0, 0.05) is 25.6 Å². The zero-order valence-electron chi connectivity index (χ0n) is 11.1. The van der Waals surface area contributed by atoms with Crippen LogP contribution in [0.15, 0.2) is 40.4 Å². The van der Waals surface area contributed by atoms with Crippen LogP contribution in [-0.2, 0) is 0 Å². The number of aromatic nitrogens is 1. The SMILES string of the molecule is Cc1cc(I)ccc1NC(=O)c1csc(-c2ccsc2)n1. The number of carbonyl (C=O) groups excluding carboxylic acids is 1. The van der Waals surface area contributed by atoms with Crippen LogP contribution in [0.5, 0.6) is 0 Å². The van der Waals surface area contributed by atoms with E-state index in [2.05, 4.69) is 32.9 Å². The number of hydrogen-bond acceptors (Lipinski definition) is 4. The normalized spacial score (nSPS) is 10.6. The summed E-state index contributed by atoms with van der Waals surface area (Å²) in [5.74, 6) is -0.169. The van der Waals surface area contributed by atoms with Gasteiger partial charge in [-0.15, -0.1) is 11.3 Å². The number of aryl methyl sites for hydroxylation is 1. The standard InChI is InChI=1S/C15H11IN2OS2/c1-9-6-11(16)2-3-12(9)17-14(19)13-8-21-15(18-13)10-4-5-20-7-10/h2-8H,1H3,(H,17,19). The number of anilines is 1. The zero-order valence-corrected chi connectivity index (χ0v) is 14.9. The molecular weight excluding hydrogens is 415 g/mol. The van der Waals surface area contributed by atoms with Crippen molar-refractivity contribution in [2.24, 2.45) is 0 Å². The maximum absolute atomic E-state index is 12.3. The Morgan fingerprint density at radius 1 is 1.29 bits per heavy atom. The van der Waals surface area contributed by atoms with E-state index in [1.807, 2.05) is 41.9 Å². The lowest BCUT2D eigenvalue weighted by molar-refractivity contribution is 0.102. The lowest BCUT2D eigenvalue weighted by Crippen LogP contribution is -2.13. The Kier molecular flexibility index (Phi) is 4.37. The predicted molar refractivity (Wildman–Crippen MR) is 97.3 cm³/mol. The highest BCUT2D eigenvalue weighted by Crippen LogP contribution is 2.26. The summed E-state index contributed by atoms with van der Waals surface area (Å²) >= 11 is 5.36. The van der Waals surface area contributed by atoms with Crippen molar-refractivity contribution in [1.82, 2.24) is 4.98 Å². The summed E-state index contributed by atoms with van der Waals surface area (Å²) in [6.45, 7) is 1.98. The van der Waals surface area contributed by atoms with Crippen molar-refractivity contribution < 1.29 is 4.79 Å². The van der Waals surface area contributed by atoms with E-state index in [1.54, 1.807) is 16.7 Å². The van der Waals surface area contributed by atoms with E-state index in [1.165, 1.54) is 11.3 Å². The highest BCUT2D eigenvalue weighted by Gasteiger charge is 2.13. The van der Waals surface area contributed by atoms with Gasteiger partial charge in [-0.2, -0.15) is 11.3 Å². The van der Waals surface area contributed by atoms with Crippen molar-refractivity contribution in [2.75, 3.05) is 5.32 Å². The molecule has 0 aliphatic heterocycles. The van der Waals surface area contributed by atoms with Gasteiger partial charge in [0.2, 0.25) is 0 Å². The molecule has 1 amide bonds. The summed E-state index contributed by atoms with van der Waals surface area (Å²) in [5.41, 5.74) is 3.39. The van der Waals surface area contributed by atoms with Crippen LogP contribution in [0.4, 0.5) is 5.69 Å². The van der Waals surface area contributed by atoms with Crippen LogP contribution < -0.4 is 5.32 Å². The van der Waals surface area contributed by atoms with Crippen molar-refractivity contribution in [3.63, 3.8) is 0 Å². The summed E-state index contributed by atoms with van der Waals surface area (Å²) in [6.07, 6.45) is 0. The molecule has 0 saturated heterocycles. The van der Waals surface area contributed by atoms with Crippen LogP contribution >= 0.6 is 45.3 Å². The molecule has 21 heavy (non-hydrogen) atoms. The van der Waals surface area contributed by atoms with Gasteiger partial charge in [-0.1, -0.05) is 0 Å². The van der Waals surface area contributed by atoms with E-state index in [-0.39, 0.29) is 5.91 Å². The third-order valence-electron chi connectivity index (χ3n) is 2.94. The van der Waals surface area contributed by atoms with Crippen molar-refractivity contribution in [1.29, 1.82) is 0 Å². The minimum atomic E-state index is -0.169. The number of nitrogens with one attached hydrogen (secondary N) is 1. The van der Waals surface area contributed by atoms with E-state index in [0.29, 0.717) is 5.69 Å². The number of thiophene rings is 1. The second-order valence-electron chi connectivity index (χ2n) is 4.46. The number of amides is 1. The van der Waals surface area contributed by atoms with Crippen LogP contribution in [0.2, 0.25) is 0 Å². The Hall–Kier alpha value is -1.25. The smallest absolute Gasteiger partial charge is 0.275 e. The number of hydrogen-bond donors (Lipinski definition) is 1. The Morgan fingerprint density at radius 2 is 2.14 bits per heavy atom. The molecule has 0 saturated carbocycles. The van der Waals surface area contributed by atoms with Crippen molar-refractivity contribution in [3.05, 3.63) is 55.2 Å². The van der Waals surface area contributed by atoms with Crippen LogP contribution in [-0.4, -0.2) is 10.9 Å². The van der Waals surface area contributed by atoms with Gasteiger partial charge < -0.3 is 5.32 Å². The summed E-state index contributed by atoms with van der Waals surface area (Å²) in [6, 6.07) is 7.94. The first-order valence-electron chi connectivity index (χ1n) is 6.19. The zero-order chi connectivity index (χ0) is 14.8. The molecule has 0 fully saturated rings. The lowest BCUT2D eigenvalue weighted by atomic mass is 10.2. The van der Waals surface area contributed by atoms with E-state index >= 15 is 0 Å². The predicted octanol–water partition coefficient (Wildman–Crippen LogP) is 5.04. The molecule has 0 radical (unpaired) electrons. The first kappa shape index (κ1) is 14.7. The van der Waals surface area contributed by atoms with Gasteiger partial charge in [-0.3, -0.25) is 4.79 Å². The average Bonchev–Trinajstić information content (AvgIpc) is 3.10. The lowest BCUT2D eigenvalue weighted by Gasteiger charge is -2.07. The molecule has 0 unspecified atom stereocenters. The number of thiazole rings is 1. The molecule has 2 heterocycles. The molecule has 3 aromatic rings. The topological polar surface area (TPSA) is 42.0 Å². The summed E-state index contributed by atoms with van der Waals surface area (Å²) in [7, 11) is 0. The van der Waals surface area contributed by atoms with Crippen LogP contribution in [0.25, 0.3) is 10.6 Å². The van der Waals surface area contributed by atoms with Gasteiger partial charge in [-0.05, 0) is 64.7 Å². The Balaban J connectivity index is 1.79. The summed E-state index contributed by atoms with van der Waals surface area (Å²) < 4.78 is 1.15. The van der Waals surface area contributed by atoms with E-state index in [4.69, 9.17) is 0 Å². The number of benzene rings is 1. The number of carbonyl (C=O) groups is 1. The fraction of sp³-hybridized carbons (Fsp3) is 0.0667. The summed E-state index contributed by atoms with van der Waals surface area (Å²) in [4.78, 5) is 16.7. The Labute approximate surface area is 144 Å². The van der Waals surface area contributed by atoms with E-state index < -0.39 is 0 Å². The highest BCUT2D eigenvalue weighted by molar-refractivity contribution is 14.1. The molecule has 0 bridgehead atoms. The molecule has 106 valence electrons. The number of nitrogens with zero attached hydrogens (tertiary/aromatic N) is 1. The maximum Gasteiger partial charge on any atom is 0.275 e. The van der Waals surface area contributed by atoms with Gasteiger partial charge in [0.05, 0.1) is 0 Å². The molecule has 0 aliphatic carbocycles. The third kappa shape index (κ3) is 3.33. The first-order valence-corrected chi connectivity index (χ1v) is 9.09. The van der Waals surface area contributed by atoms with Gasteiger partial charge in [0.25, 0.3) is 5.91 Å². The fourth-order valence-corrected chi connectivity index (χ4v) is 4.01. The van der Waals surface area contributed by atoms with Crippen molar-refractivity contribution in [3.8, 4) is 10.6 Å². The monoisotopic (exact) mass is 426 g/mol. The van der Waals surface area contributed by atoms with Gasteiger partial charge in [-0.25, -0.2) is 4.98 Å². The molecule has 1 aromatic carbocycles. The van der Waals surface area contributed by atoms with E-state index in [9.17, 15) is 4.79 Å². The molecule has 2 aromatic heterocycles. The molecule has 0 aliphatic rings. The van der Waals surface area contributed by atoms with Gasteiger partial charge in [0.1, 0.15) is 10.7 Å². The maximum atomic E-state index is 12.3. The minimum Gasteiger partial charge on any atom is -0.320 e. The molecule has 0 atom stereocenters. The minimum absolute atomic E-state index is 0.169. The highest BCUT2D eigenvalue weighted by atomic mass is 127. The van der Waals surface area contributed by atoms with E-state index in [0.717, 1.165) is 25.4 Å². The molecule has 0 spiro atoms. The molecule has 6 heteroatoms. The largest absolute Gasteiger partial charge is 0.320 e. The van der Waals surface area contributed by atoms with Crippen LogP contribution in [0, 0.1) is 10.5 Å². The first-order chi connectivity index (χ1) is 10.1. The van der Waals surface area contributed by atoms with Gasteiger partial charge in [0.15, 0.2) is 0 Å². The Morgan fingerprint density at radius 3 is 2.86 bits per heavy atom. The van der Waals surface area contributed by atoms with Gasteiger partial charge >= 0.3 is 0 Å². The van der Waals surface area contributed by atoms with Crippen molar-refractivity contribution in [2.45, 2.75) is 6.92 Å². The average molecular weight is 426 g/mol. The number of halogens is 1. The number of rotatable bonds is 3.